The number of thiazole rings is 1. The molecule has 19 heavy (non-hydrogen) atoms. The quantitative estimate of drug-likeness (QED) is 0.542. The molecule has 0 saturated heterocycles. The summed E-state index contributed by atoms with van der Waals surface area (Å²) in [5.41, 5.74) is 1.36. The summed E-state index contributed by atoms with van der Waals surface area (Å²) >= 11 is 7.49. The van der Waals surface area contributed by atoms with Gasteiger partial charge in [-0.25, -0.2) is 4.98 Å². The van der Waals surface area contributed by atoms with Crippen LogP contribution in [0.25, 0.3) is 0 Å². The Hall–Kier alpha value is -0.120. The smallest absolute Gasteiger partial charge is 0.0928 e. The molecule has 0 aromatic carbocycles. The summed E-state index contributed by atoms with van der Waals surface area (Å²) in [5.74, 6) is 0.530. The minimum Gasteiger partial charge on any atom is -0.303 e. The molecule has 0 spiro atoms. The number of alkyl halides is 1. The van der Waals surface area contributed by atoms with Crippen LogP contribution >= 0.6 is 22.9 Å². The fourth-order valence-corrected chi connectivity index (χ4v) is 3.09. The first kappa shape index (κ1) is 16.9. The van der Waals surface area contributed by atoms with E-state index >= 15 is 0 Å². The van der Waals surface area contributed by atoms with Crippen molar-refractivity contribution < 1.29 is 0 Å². The van der Waals surface area contributed by atoms with E-state index in [2.05, 4.69) is 50.0 Å². The fraction of sp³-hybridized carbons (Fsp3) is 0.800. The maximum absolute atomic E-state index is 5.76. The highest BCUT2D eigenvalue weighted by Gasteiger charge is 2.23. The van der Waals surface area contributed by atoms with E-state index in [0.29, 0.717) is 17.3 Å². The number of halogens is 1. The van der Waals surface area contributed by atoms with E-state index in [0.717, 1.165) is 18.7 Å². The predicted octanol–water partition coefficient (Wildman–Crippen LogP) is 4.57. The van der Waals surface area contributed by atoms with Crippen LogP contribution in [0.15, 0.2) is 5.38 Å². The lowest BCUT2D eigenvalue weighted by atomic mass is 9.87. The van der Waals surface area contributed by atoms with Crippen molar-refractivity contribution in [1.82, 2.24) is 9.88 Å². The molecule has 1 aromatic heterocycles. The molecule has 1 unspecified atom stereocenters. The van der Waals surface area contributed by atoms with E-state index in [4.69, 9.17) is 11.6 Å². The van der Waals surface area contributed by atoms with Gasteiger partial charge in [0.15, 0.2) is 0 Å². The monoisotopic (exact) mass is 302 g/mol. The van der Waals surface area contributed by atoms with Crippen molar-refractivity contribution in [3.05, 3.63) is 16.1 Å². The van der Waals surface area contributed by atoms with Crippen molar-refractivity contribution in [2.45, 2.75) is 58.9 Å². The highest BCUT2D eigenvalue weighted by Crippen LogP contribution is 2.23. The average Bonchev–Trinajstić information content (AvgIpc) is 2.80. The molecule has 0 aliphatic heterocycles. The Bertz CT molecular complexity index is 370. The lowest BCUT2D eigenvalue weighted by molar-refractivity contribution is 0.139. The summed E-state index contributed by atoms with van der Waals surface area (Å²) in [6.07, 6.45) is 3.52. The van der Waals surface area contributed by atoms with Crippen LogP contribution in [0.3, 0.4) is 0 Å². The largest absolute Gasteiger partial charge is 0.303 e. The standard InChI is InChI=1S/C15H27ClN2S/c1-12(15(2,3)4)18(5)9-7-6-8-14-17-13(10-16)11-19-14/h11-12H,6-10H2,1-5H3. The highest BCUT2D eigenvalue weighted by atomic mass is 35.5. The van der Waals surface area contributed by atoms with Crippen molar-refractivity contribution in [3.63, 3.8) is 0 Å². The van der Waals surface area contributed by atoms with E-state index in [9.17, 15) is 0 Å². The second-order valence-electron chi connectivity index (χ2n) is 6.35. The molecule has 0 N–H and O–H groups in total. The van der Waals surface area contributed by atoms with Crippen LogP contribution in [0.5, 0.6) is 0 Å². The zero-order chi connectivity index (χ0) is 14.5. The lowest BCUT2D eigenvalue weighted by Crippen LogP contribution is -2.39. The summed E-state index contributed by atoms with van der Waals surface area (Å²) in [5, 5.41) is 3.29. The second kappa shape index (κ2) is 7.61. The molecule has 1 heterocycles. The summed E-state index contributed by atoms with van der Waals surface area (Å²) < 4.78 is 0. The SMILES string of the molecule is CC(N(C)CCCCc1nc(CCl)cs1)C(C)(C)C. The molecule has 2 nitrogen and oxygen atoms in total. The summed E-state index contributed by atoms with van der Waals surface area (Å²) in [6, 6.07) is 0.607. The third-order valence-corrected chi connectivity index (χ3v) is 5.03. The van der Waals surface area contributed by atoms with Gasteiger partial charge in [-0.3, -0.25) is 0 Å². The molecule has 1 rings (SSSR count). The fourth-order valence-electron chi connectivity index (χ4n) is 2.02. The van der Waals surface area contributed by atoms with Crippen LogP contribution in [0.2, 0.25) is 0 Å². The maximum Gasteiger partial charge on any atom is 0.0928 e. The van der Waals surface area contributed by atoms with Crippen LogP contribution in [0.4, 0.5) is 0 Å². The van der Waals surface area contributed by atoms with E-state index in [1.165, 1.54) is 17.8 Å². The number of aromatic nitrogens is 1. The Balaban J connectivity index is 2.23. The number of nitrogens with zero attached hydrogens (tertiary/aromatic N) is 2. The number of rotatable bonds is 7. The first-order valence-corrected chi connectivity index (χ1v) is 8.45. The highest BCUT2D eigenvalue weighted by molar-refractivity contribution is 7.09. The van der Waals surface area contributed by atoms with Crippen molar-refractivity contribution in [2.24, 2.45) is 5.41 Å². The Kier molecular flexibility index (Phi) is 6.78. The van der Waals surface area contributed by atoms with Crippen LogP contribution in [-0.4, -0.2) is 29.5 Å². The van der Waals surface area contributed by atoms with Crippen LogP contribution in [-0.2, 0) is 12.3 Å². The molecule has 0 radical (unpaired) electrons. The Morgan fingerprint density at radius 1 is 1.37 bits per heavy atom. The van der Waals surface area contributed by atoms with Gasteiger partial charge < -0.3 is 4.90 Å². The van der Waals surface area contributed by atoms with Gasteiger partial charge in [0.2, 0.25) is 0 Å². The van der Waals surface area contributed by atoms with Crippen molar-refractivity contribution in [2.75, 3.05) is 13.6 Å². The molecule has 0 fully saturated rings. The van der Waals surface area contributed by atoms with Gasteiger partial charge >= 0.3 is 0 Å². The molecule has 1 atom stereocenters. The zero-order valence-corrected chi connectivity index (χ0v) is 14.4. The Morgan fingerprint density at radius 2 is 2.05 bits per heavy atom. The average molecular weight is 303 g/mol. The molecular formula is C15H27ClN2S. The molecule has 4 heteroatoms. The van der Waals surface area contributed by atoms with Crippen LogP contribution in [0.1, 0.15) is 51.2 Å². The van der Waals surface area contributed by atoms with E-state index < -0.39 is 0 Å². The molecule has 0 aliphatic carbocycles. The Morgan fingerprint density at radius 3 is 2.58 bits per heavy atom. The lowest BCUT2D eigenvalue weighted by Gasteiger charge is -2.35. The first-order chi connectivity index (χ1) is 8.84. The number of aryl methyl sites for hydroxylation is 1. The third kappa shape index (κ3) is 5.80. The molecule has 0 amide bonds. The molecule has 1 aromatic rings. The zero-order valence-electron chi connectivity index (χ0n) is 12.9. The normalized spacial score (nSPS) is 14.1. The molecular weight excluding hydrogens is 276 g/mol. The van der Waals surface area contributed by atoms with Gasteiger partial charge in [0, 0.05) is 11.4 Å². The van der Waals surface area contributed by atoms with Gasteiger partial charge in [-0.05, 0) is 45.2 Å². The maximum atomic E-state index is 5.76. The van der Waals surface area contributed by atoms with Crippen LogP contribution < -0.4 is 0 Å². The molecule has 0 saturated carbocycles. The van der Waals surface area contributed by atoms with Crippen LogP contribution in [0, 0.1) is 5.41 Å². The summed E-state index contributed by atoms with van der Waals surface area (Å²) in [6.45, 7) is 10.4. The molecule has 0 bridgehead atoms. The molecule has 0 aliphatic rings. The number of hydrogen-bond donors (Lipinski definition) is 0. The number of hydrogen-bond acceptors (Lipinski definition) is 3. The van der Waals surface area contributed by atoms with E-state index in [1.54, 1.807) is 11.3 Å². The van der Waals surface area contributed by atoms with Gasteiger partial charge in [0.25, 0.3) is 0 Å². The minimum absolute atomic E-state index is 0.347. The van der Waals surface area contributed by atoms with Crippen molar-refractivity contribution in [3.8, 4) is 0 Å². The van der Waals surface area contributed by atoms with Gasteiger partial charge in [-0.1, -0.05) is 20.8 Å². The third-order valence-electron chi connectivity index (χ3n) is 3.80. The van der Waals surface area contributed by atoms with Gasteiger partial charge in [0.05, 0.1) is 16.6 Å². The number of unbranched alkanes of at least 4 members (excludes halogenated alkanes) is 1. The van der Waals surface area contributed by atoms with E-state index in [1.807, 2.05) is 0 Å². The van der Waals surface area contributed by atoms with E-state index in [-0.39, 0.29) is 0 Å². The summed E-state index contributed by atoms with van der Waals surface area (Å²) in [4.78, 5) is 6.96. The van der Waals surface area contributed by atoms with Crippen molar-refractivity contribution >= 4 is 22.9 Å². The van der Waals surface area contributed by atoms with Gasteiger partial charge in [0.1, 0.15) is 0 Å². The summed E-state index contributed by atoms with van der Waals surface area (Å²) in [7, 11) is 2.23. The van der Waals surface area contributed by atoms with Gasteiger partial charge in [-0.2, -0.15) is 0 Å². The Labute approximate surface area is 127 Å². The first-order valence-electron chi connectivity index (χ1n) is 7.04. The topological polar surface area (TPSA) is 16.1 Å². The minimum atomic E-state index is 0.347. The second-order valence-corrected chi connectivity index (χ2v) is 7.56. The predicted molar refractivity (Wildman–Crippen MR) is 86.2 cm³/mol. The van der Waals surface area contributed by atoms with Gasteiger partial charge in [-0.15, -0.1) is 22.9 Å². The van der Waals surface area contributed by atoms with Crippen molar-refractivity contribution in [1.29, 1.82) is 0 Å². The molecule has 110 valence electrons.